The van der Waals surface area contributed by atoms with Gasteiger partial charge in [-0.05, 0) is 24.1 Å². The van der Waals surface area contributed by atoms with Crippen molar-refractivity contribution in [2.75, 3.05) is 6.54 Å². The first-order valence-electron chi connectivity index (χ1n) is 7.94. The fourth-order valence-electron chi connectivity index (χ4n) is 2.14. The van der Waals surface area contributed by atoms with Gasteiger partial charge in [-0.1, -0.05) is 65.7 Å². The highest BCUT2D eigenvalue weighted by molar-refractivity contribution is 6.37. The molecule has 0 aromatic heterocycles. The molecule has 0 fully saturated rings. The van der Waals surface area contributed by atoms with Gasteiger partial charge in [-0.15, -0.1) is 0 Å². The normalized spacial score (nSPS) is 11.6. The van der Waals surface area contributed by atoms with Crippen molar-refractivity contribution in [3.8, 4) is 0 Å². The first-order chi connectivity index (χ1) is 12.8. The zero-order valence-electron chi connectivity index (χ0n) is 14.0. The van der Waals surface area contributed by atoms with Crippen molar-refractivity contribution in [1.29, 1.82) is 0 Å². The second-order valence-corrected chi connectivity index (χ2v) is 6.35. The van der Waals surface area contributed by atoms with Gasteiger partial charge in [0.2, 0.25) is 0 Å². The van der Waals surface area contributed by atoms with Crippen LogP contribution < -0.4 is 5.32 Å². The number of rotatable bonds is 6. The van der Waals surface area contributed by atoms with Crippen molar-refractivity contribution < 1.29 is 22.7 Å². The maximum absolute atomic E-state index is 12.7. The number of halogens is 5. The Bertz CT molecular complexity index is 785. The van der Waals surface area contributed by atoms with Crippen LogP contribution in [0.1, 0.15) is 23.1 Å². The summed E-state index contributed by atoms with van der Waals surface area (Å²) in [6.45, 7) is 0.458. The second kappa shape index (κ2) is 9.67. The van der Waals surface area contributed by atoms with Gasteiger partial charge >= 0.3 is 12.3 Å². The fourth-order valence-corrected chi connectivity index (χ4v) is 2.75. The Hall–Kier alpha value is -2.18. The molecule has 0 atom stereocenters. The van der Waals surface area contributed by atoms with Crippen LogP contribution in [0.15, 0.2) is 48.5 Å². The lowest BCUT2D eigenvalue weighted by Gasteiger charge is -2.10. The van der Waals surface area contributed by atoms with E-state index >= 15 is 0 Å². The summed E-state index contributed by atoms with van der Waals surface area (Å²) < 4.78 is 43.1. The van der Waals surface area contributed by atoms with E-state index < -0.39 is 17.8 Å². The van der Waals surface area contributed by atoms with E-state index in [4.69, 9.17) is 27.9 Å². The van der Waals surface area contributed by atoms with Crippen molar-refractivity contribution >= 4 is 35.4 Å². The van der Waals surface area contributed by atoms with E-state index in [1.165, 1.54) is 6.08 Å². The molecule has 1 N–H and O–H groups in total. The van der Waals surface area contributed by atoms with Crippen LogP contribution >= 0.6 is 23.2 Å². The third kappa shape index (κ3) is 6.81. The van der Waals surface area contributed by atoms with Crippen LogP contribution in [0.5, 0.6) is 0 Å². The molecule has 0 heterocycles. The van der Waals surface area contributed by atoms with Crippen LogP contribution in [-0.2, 0) is 17.5 Å². The number of carbonyl (C=O) groups is 1. The largest absolute Gasteiger partial charge is 0.445 e. The number of alkyl carbamates (subject to hydrolysis) is 1. The number of ether oxygens (including phenoxy) is 1. The van der Waals surface area contributed by atoms with Crippen LogP contribution in [0.2, 0.25) is 10.0 Å². The highest BCUT2D eigenvalue weighted by atomic mass is 35.5. The van der Waals surface area contributed by atoms with Gasteiger partial charge in [0.25, 0.3) is 0 Å². The highest BCUT2D eigenvalue weighted by Crippen LogP contribution is 2.36. The standard InChI is InChI=1S/C19H16Cl2F3NO2/c20-16-10-14(19(22,23)24)11-17(21)15(16)8-4-5-9-25-18(26)27-12-13-6-2-1-3-7-13/h1-4,6-8,10-11H,5,9,12H2,(H,25,26). The molecule has 0 spiro atoms. The molecule has 27 heavy (non-hydrogen) atoms. The molecule has 0 saturated carbocycles. The number of hydrogen-bond acceptors (Lipinski definition) is 2. The summed E-state index contributed by atoms with van der Waals surface area (Å²) in [6, 6.07) is 10.9. The predicted octanol–water partition coefficient (Wildman–Crippen LogP) is 6.34. The van der Waals surface area contributed by atoms with Crippen molar-refractivity contribution in [2.45, 2.75) is 19.2 Å². The average molecular weight is 418 g/mol. The maximum atomic E-state index is 12.7. The quantitative estimate of drug-likeness (QED) is 0.556. The molecule has 144 valence electrons. The molecule has 0 bridgehead atoms. The lowest BCUT2D eigenvalue weighted by atomic mass is 10.1. The minimum atomic E-state index is -4.51. The summed E-state index contributed by atoms with van der Waals surface area (Å²) in [7, 11) is 0. The summed E-state index contributed by atoms with van der Waals surface area (Å²) in [5.41, 5.74) is 0.259. The van der Waals surface area contributed by atoms with E-state index in [1.54, 1.807) is 6.08 Å². The third-order valence-corrected chi connectivity index (χ3v) is 4.11. The zero-order chi connectivity index (χ0) is 19.9. The molecule has 3 nitrogen and oxygen atoms in total. The van der Waals surface area contributed by atoms with Crippen molar-refractivity contribution in [2.24, 2.45) is 0 Å². The summed E-state index contributed by atoms with van der Waals surface area (Å²) in [4.78, 5) is 11.6. The van der Waals surface area contributed by atoms with Crippen LogP contribution in [0.3, 0.4) is 0 Å². The van der Waals surface area contributed by atoms with Gasteiger partial charge in [0.05, 0.1) is 5.56 Å². The Morgan fingerprint density at radius 1 is 1.11 bits per heavy atom. The van der Waals surface area contributed by atoms with Crippen LogP contribution in [-0.4, -0.2) is 12.6 Å². The van der Waals surface area contributed by atoms with Gasteiger partial charge in [-0.25, -0.2) is 4.79 Å². The molecule has 1 amide bonds. The van der Waals surface area contributed by atoms with Gasteiger partial charge in [0.15, 0.2) is 0 Å². The molecule has 0 saturated heterocycles. The molecule has 2 aromatic rings. The zero-order valence-corrected chi connectivity index (χ0v) is 15.5. The molecule has 0 radical (unpaired) electrons. The number of alkyl halides is 3. The third-order valence-electron chi connectivity index (χ3n) is 3.48. The summed E-state index contributed by atoms with van der Waals surface area (Å²) in [6.07, 6.45) is -1.48. The Labute approximate surface area is 164 Å². The molecule has 2 rings (SSSR count). The lowest BCUT2D eigenvalue weighted by Crippen LogP contribution is -2.24. The number of amides is 1. The molecule has 0 aliphatic rings. The number of hydrogen-bond donors (Lipinski definition) is 1. The van der Waals surface area contributed by atoms with Gasteiger partial charge < -0.3 is 10.1 Å². The first-order valence-corrected chi connectivity index (χ1v) is 8.70. The SMILES string of the molecule is O=C(NCCC=Cc1c(Cl)cc(C(F)(F)F)cc1Cl)OCc1ccccc1. The molecular weight excluding hydrogens is 402 g/mol. The topological polar surface area (TPSA) is 38.3 Å². The van der Waals surface area contributed by atoms with Gasteiger partial charge in [-0.3, -0.25) is 0 Å². The van der Waals surface area contributed by atoms with Gasteiger partial charge in [-0.2, -0.15) is 13.2 Å². The van der Waals surface area contributed by atoms with E-state index in [0.29, 0.717) is 13.0 Å². The maximum Gasteiger partial charge on any atom is 0.416 e. The van der Waals surface area contributed by atoms with Gasteiger partial charge in [0.1, 0.15) is 6.61 Å². The van der Waals surface area contributed by atoms with E-state index in [-0.39, 0.29) is 22.2 Å². The number of benzene rings is 2. The van der Waals surface area contributed by atoms with E-state index in [0.717, 1.165) is 17.7 Å². The van der Waals surface area contributed by atoms with Gasteiger partial charge in [0, 0.05) is 22.2 Å². The molecule has 0 aliphatic carbocycles. The van der Waals surface area contributed by atoms with Crippen molar-refractivity contribution in [3.63, 3.8) is 0 Å². The monoisotopic (exact) mass is 417 g/mol. The van der Waals surface area contributed by atoms with Crippen LogP contribution in [0.25, 0.3) is 6.08 Å². The summed E-state index contributed by atoms with van der Waals surface area (Å²) in [5, 5.41) is 2.38. The van der Waals surface area contributed by atoms with Crippen LogP contribution in [0.4, 0.5) is 18.0 Å². The smallest absolute Gasteiger partial charge is 0.416 e. The van der Waals surface area contributed by atoms with Crippen molar-refractivity contribution in [1.82, 2.24) is 5.32 Å². The summed E-state index contributed by atoms with van der Waals surface area (Å²) >= 11 is 11.8. The number of nitrogens with one attached hydrogen (secondary N) is 1. The fraction of sp³-hybridized carbons (Fsp3) is 0.211. The lowest BCUT2D eigenvalue weighted by molar-refractivity contribution is -0.137. The molecule has 0 aliphatic heterocycles. The second-order valence-electron chi connectivity index (χ2n) is 5.53. The molecule has 2 aromatic carbocycles. The van der Waals surface area contributed by atoms with E-state index in [1.807, 2.05) is 30.3 Å². The molecule has 8 heteroatoms. The van der Waals surface area contributed by atoms with E-state index in [2.05, 4.69) is 5.32 Å². The Morgan fingerprint density at radius 2 is 1.74 bits per heavy atom. The molecule has 0 unspecified atom stereocenters. The molecular formula is C19H16Cl2F3NO2. The summed E-state index contributed by atoms with van der Waals surface area (Å²) in [5.74, 6) is 0. The first kappa shape index (κ1) is 21.1. The Kier molecular flexibility index (Phi) is 7.56. The number of carbonyl (C=O) groups excluding carboxylic acids is 1. The Balaban J connectivity index is 1.80. The van der Waals surface area contributed by atoms with Crippen LogP contribution in [0, 0.1) is 0 Å². The Morgan fingerprint density at radius 3 is 2.33 bits per heavy atom. The predicted molar refractivity (Wildman–Crippen MR) is 99.7 cm³/mol. The van der Waals surface area contributed by atoms with E-state index in [9.17, 15) is 18.0 Å². The minimum Gasteiger partial charge on any atom is -0.445 e. The highest BCUT2D eigenvalue weighted by Gasteiger charge is 2.31. The average Bonchev–Trinajstić information content (AvgIpc) is 2.61. The minimum absolute atomic E-state index is 0.0960. The van der Waals surface area contributed by atoms with Crippen molar-refractivity contribution in [3.05, 3.63) is 75.3 Å².